The second-order valence-corrected chi connectivity index (χ2v) is 5.34. The molecule has 2 heterocycles. The first kappa shape index (κ1) is 13.2. The number of ether oxygens (including phenoxy) is 2. The molecule has 106 valence electrons. The van der Waals surface area contributed by atoms with Crippen molar-refractivity contribution in [3.8, 4) is 5.75 Å². The van der Waals surface area contributed by atoms with Crippen molar-refractivity contribution in [2.45, 2.75) is 32.3 Å². The minimum atomic E-state index is 0.202. The third-order valence-electron chi connectivity index (χ3n) is 3.62. The average Bonchev–Trinajstić information content (AvgIpc) is 2.46. The number of aryl methyl sites for hydroxylation is 1. The molecule has 4 nitrogen and oxygen atoms in total. The molecule has 4 heteroatoms. The van der Waals surface area contributed by atoms with Crippen molar-refractivity contribution in [2.24, 2.45) is 0 Å². The lowest BCUT2D eigenvalue weighted by Gasteiger charge is -2.23. The summed E-state index contributed by atoms with van der Waals surface area (Å²) in [4.78, 5) is 4.51. The molecule has 1 unspecified atom stereocenters. The van der Waals surface area contributed by atoms with Crippen LogP contribution in [0.4, 0.5) is 5.69 Å². The number of hydrogen-bond acceptors (Lipinski definition) is 4. The molecular weight excluding hydrogens is 252 g/mol. The van der Waals surface area contributed by atoms with Gasteiger partial charge in [0.15, 0.2) is 0 Å². The molecule has 1 aromatic carbocycles. The van der Waals surface area contributed by atoms with E-state index in [2.05, 4.69) is 4.98 Å². The Hall–Kier alpha value is -1.81. The van der Waals surface area contributed by atoms with E-state index in [1.54, 1.807) is 0 Å². The van der Waals surface area contributed by atoms with E-state index in [-0.39, 0.29) is 6.10 Å². The van der Waals surface area contributed by atoms with Gasteiger partial charge in [-0.25, -0.2) is 0 Å². The summed E-state index contributed by atoms with van der Waals surface area (Å²) >= 11 is 0. The summed E-state index contributed by atoms with van der Waals surface area (Å²) in [7, 11) is 0. The highest BCUT2D eigenvalue weighted by Crippen LogP contribution is 2.28. The van der Waals surface area contributed by atoms with Gasteiger partial charge in [0.05, 0.1) is 11.6 Å². The summed E-state index contributed by atoms with van der Waals surface area (Å²) in [5, 5.41) is 0.964. The van der Waals surface area contributed by atoms with Crippen molar-refractivity contribution >= 4 is 16.6 Å². The minimum Gasteiger partial charge on any atom is -0.490 e. The van der Waals surface area contributed by atoms with Gasteiger partial charge in [-0.1, -0.05) is 0 Å². The number of pyridine rings is 1. The van der Waals surface area contributed by atoms with E-state index in [1.165, 1.54) is 6.42 Å². The van der Waals surface area contributed by atoms with E-state index >= 15 is 0 Å². The molecular formula is C16H20N2O2. The average molecular weight is 272 g/mol. The van der Waals surface area contributed by atoms with E-state index in [9.17, 15) is 0 Å². The van der Waals surface area contributed by atoms with Crippen LogP contribution in [-0.2, 0) is 4.74 Å². The Labute approximate surface area is 118 Å². The van der Waals surface area contributed by atoms with Crippen molar-refractivity contribution in [1.82, 2.24) is 4.98 Å². The van der Waals surface area contributed by atoms with Gasteiger partial charge in [0.1, 0.15) is 12.4 Å². The molecule has 2 N–H and O–H groups in total. The number of rotatable bonds is 3. The molecule has 1 aromatic heterocycles. The van der Waals surface area contributed by atoms with Gasteiger partial charge >= 0.3 is 0 Å². The fourth-order valence-corrected chi connectivity index (χ4v) is 2.58. The zero-order valence-corrected chi connectivity index (χ0v) is 11.8. The fraction of sp³-hybridized carbons (Fsp3) is 0.438. The number of benzene rings is 1. The van der Waals surface area contributed by atoms with Crippen LogP contribution in [-0.4, -0.2) is 24.3 Å². The molecule has 0 spiro atoms. The quantitative estimate of drug-likeness (QED) is 0.872. The monoisotopic (exact) mass is 272 g/mol. The number of nitrogens with two attached hydrogens (primary N) is 1. The summed E-state index contributed by atoms with van der Waals surface area (Å²) in [6.45, 7) is 3.41. The van der Waals surface area contributed by atoms with Crippen molar-refractivity contribution in [3.63, 3.8) is 0 Å². The number of nitrogens with zero attached hydrogens (tertiary/aromatic N) is 1. The van der Waals surface area contributed by atoms with Crippen LogP contribution in [0.1, 0.15) is 25.0 Å². The standard InChI is InChI=1S/C16H20N2O2/c1-11-8-16(20-10-13-4-2-3-7-19-13)14-9-12(17)5-6-15(14)18-11/h5-6,8-9,13H,2-4,7,10,17H2,1H3. The maximum Gasteiger partial charge on any atom is 0.130 e. The predicted molar refractivity (Wildman–Crippen MR) is 80.0 cm³/mol. The molecule has 2 aromatic rings. The summed E-state index contributed by atoms with van der Waals surface area (Å²) in [6.07, 6.45) is 3.65. The highest BCUT2D eigenvalue weighted by molar-refractivity contribution is 5.87. The lowest BCUT2D eigenvalue weighted by Crippen LogP contribution is -2.25. The minimum absolute atomic E-state index is 0.202. The molecule has 0 aliphatic carbocycles. The first-order valence-corrected chi connectivity index (χ1v) is 7.13. The number of nitrogen functional groups attached to an aromatic ring is 1. The number of fused-ring (bicyclic) bond motifs is 1. The topological polar surface area (TPSA) is 57.4 Å². The normalized spacial score (nSPS) is 19.1. The second kappa shape index (κ2) is 5.67. The fourth-order valence-electron chi connectivity index (χ4n) is 2.58. The first-order valence-electron chi connectivity index (χ1n) is 7.13. The van der Waals surface area contributed by atoms with E-state index in [0.717, 1.165) is 47.5 Å². The predicted octanol–water partition coefficient (Wildman–Crippen LogP) is 3.07. The number of aromatic nitrogens is 1. The molecule has 0 amide bonds. The van der Waals surface area contributed by atoms with E-state index in [1.807, 2.05) is 31.2 Å². The number of hydrogen-bond donors (Lipinski definition) is 1. The van der Waals surface area contributed by atoms with Crippen LogP contribution < -0.4 is 10.5 Å². The van der Waals surface area contributed by atoms with Crippen molar-refractivity contribution in [2.75, 3.05) is 18.9 Å². The second-order valence-electron chi connectivity index (χ2n) is 5.34. The van der Waals surface area contributed by atoms with Gasteiger partial charge < -0.3 is 15.2 Å². The molecule has 1 aliphatic heterocycles. The molecule has 0 bridgehead atoms. The highest BCUT2D eigenvalue weighted by atomic mass is 16.5. The van der Waals surface area contributed by atoms with Crippen LogP contribution in [0.5, 0.6) is 5.75 Å². The maximum atomic E-state index is 5.97. The molecule has 3 rings (SSSR count). The smallest absolute Gasteiger partial charge is 0.130 e. The van der Waals surface area contributed by atoms with Crippen molar-refractivity contribution in [3.05, 3.63) is 30.0 Å². The Morgan fingerprint density at radius 3 is 3.05 bits per heavy atom. The summed E-state index contributed by atoms with van der Waals surface area (Å²) in [5.74, 6) is 0.842. The third kappa shape index (κ3) is 2.85. The molecule has 0 radical (unpaired) electrons. The Kier molecular flexibility index (Phi) is 3.74. The number of anilines is 1. The lowest BCUT2D eigenvalue weighted by molar-refractivity contribution is -0.0107. The van der Waals surface area contributed by atoms with E-state index in [0.29, 0.717) is 6.61 Å². The van der Waals surface area contributed by atoms with Crippen LogP contribution in [0.15, 0.2) is 24.3 Å². The van der Waals surface area contributed by atoms with Crippen LogP contribution >= 0.6 is 0 Å². The van der Waals surface area contributed by atoms with Gasteiger partial charge in [-0.05, 0) is 44.4 Å². The molecule has 1 aliphatic rings. The van der Waals surface area contributed by atoms with Gasteiger partial charge in [-0.15, -0.1) is 0 Å². The Morgan fingerprint density at radius 2 is 2.25 bits per heavy atom. The van der Waals surface area contributed by atoms with Crippen LogP contribution in [0.25, 0.3) is 10.9 Å². The SMILES string of the molecule is Cc1cc(OCC2CCCCO2)c2cc(N)ccc2n1. The van der Waals surface area contributed by atoms with Crippen molar-refractivity contribution < 1.29 is 9.47 Å². The van der Waals surface area contributed by atoms with Crippen LogP contribution in [0.3, 0.4) is 0 Å². The largest absolute Gasteiger partial charge is 0.490 e. The summed E-state index contributed by atoms with van der Waals surface area (Å²) in [5.41, 5.74) is 8.45. The molecule has 1 fully saturated rings. The molecule has 1 atom stereocenters. The zero-order chi connectivity index (χ0) is 13.9. The van der Waals surface area contributed by atoms with Gasteiger partial charge in [0.2, 0.25) is 0 Å². The van der Waals surface area contributed by atoms with Gasteiger partial charge in [0.25, 0.3) is 0 Å². The zero-order valence-electron chi connectivity index (χ0n) is 11.8. The maximum absolute atomic E-state index is 5.97. The highest BCUT2D eigenvalue weighted by Gasteiger charge is 2.15. The van der Waals surface area contributed by atoms with Gasteiger partial charge in [-0.2, -0.15) is 0 Å². The van der Waals surface area contributed by atoms with Crippen LogP contribution in [0.2, 0.25) is 0 Å². The summed E-state index contributed by atoms with van der Waals surface area (Å²) in [6, 6.07) is 7.67. The van der Waals surface area contributed by atoms with Gasteiger partial charge in [0, 0.05) is 29.4 Å². The molecule has 1 saturated heterocycles. The summed E-state index contributed by atoms with van der Waals surface area (Å²) < 4.78 is 11.7. The molecule has 20 heavy (non-hydrogen) atoms. The lowest BCUT2D eigenvalue weighted by atomic mass is 10.1. The Morgan fingerprint density at radius 1 is 1.35 bits per heavy atom. The van der Waals surface area contributed by atoms with Crippen molar-refractivity contribution in [1.29, 1.82) is 0 Å². The van der Waals surface area contributed by atoms with E-state index in [4.69, 9.17) is 15.2 Å². The third-order valence-corrected chi connectivity index (χ3v) is 3.62. The van der Waals surface area contributed by atoms with E-state index < -0.39 is 0 Å². The van der Waals surface area contributed by atoms with Crippen LogP contribution in [0, 0.1) is 6.92 Å². The van der Waals surface area contributed by atoms with Gasteiger partial charge in [-0.3, -0.25) is 4.98 Å². The Balaban J connectivity index is 1.83. The Bertz CT molecular complexity index is 607. The molecule has 0 saturated carbocycles. The first-order chi connectivity index (χ1) is 9.72.